The number of hydrogen-bond acceptors (Lipinski definition) is 2. The predicted molar refractivity (Wildman–Crippen MR) is 124 cm³/mol. The van der Waals surface area contributed by atoms with Gasteiger partial charge in [-0.2, -0.15) is 0 Å². The van der Waals surface area contributed by atoms with Gasteiger partial charge in [-0.3, -0.25) is 4.90 Å². The van der Waals surface area contributed by atoms with Crippen molar-refractivity contribution >= 4 is 29.1 Å². The largest absolute Gasteiger partial charge is 0.324 e. The molecule has 1 saturated heterocycles. The van der Waals surface area contributed by atoms with Crippen molar-refractivity contribution in [1.82, 2.24) is 4.90 Å². The minimum atomic E-state index is -0.341. The van der Waals surface area contributed by atoms with E-state index in [1.807, 2.05) is 31.2 Å². The van der Waals surface area contributed by atoms with Crippen molar-refractivity contribution in [1.29, 1.82) is 0 Å². The number of carbonyl (C=O) groups is 2. The Morgan fingerprint density at radius 1 is 0.906 bits per heavy atom. The number of carbonyl (C=O) groups excluding carboxylic acids is 2. The number of rotatable bonds is 5. The summed E-state index contributed by atoms with van der Waals surface area (Å²) in [5.41, 5.74) is 3.68. The molecule has 3 aromatic rings. The number of amides is 4. The number of anilines is 3. The second-order valence-corrected chi connectivity index (χ2v) is 7.79. The molecule has 0 aliphatic carbocycles. The molecule has 0 aromatic heterocycles. The van der Waals surface area contributed by atoms with Crippen LogP contribution in [0.4, 0.5) is 31.0 Å². The van der Waals surface area contributed by atoms with E-state index >= 15 is 0 Å². The summed E-state index contributed by atoms with van der Waals surface area (Å²) in [6.07, 6.45) is 0.791. The third-order valence-corrected chi connectivity index (χ3v) is 5.38. The molecule has 164 valence electrons. The van der Waals surface area contributed by atoms with Crippen molar-refractivity contribution in [3.8, 4) is 0 Å². The maximum atomic E-state index is 14.0. The zero-order chi connectivity index (χ0) is 22.5. The SMILES string of the molecule is Cc1ccc(NC(=O)Nc2ccc(N3CCCN(Cc4ccccc4F)C3=O)cc2)cc1. The summed E-state index contributed by atoms with van der Waals surface area (Å²) < 4.78 is 14.0. The monoisotopic (exact) mass is 432 g/mol. The summed E-state index contributed by atoms with van der Waals surface area (Å²) in [5.74, 6) is -0.309. The Labute approximate surface area is 186 Å². The third-order valence-electron chi connectivity index (χ3n) is 5.38. The van der Waals surface area contributed by atoms with Crippen molar-refractivity contribution in [3.05, 3.63) is 89.7 Å². The molecule has 1 heterocycles. The maximum absolute atomic E-state index is 14.0. The smallest absolute Gasteiger partial charge is 0.320 e. The number of nitrogens with zero attached hydrogens (tertiary/aromatic N) is 2. The zero-order valence-electron chi connectivity index (χ0n) is 17.8. The number of hydrogen-bond donors (Lipinski definition) is 2. The molecule has 0 saturated carbocycles. The summed E-state index contributed by atoms with van der Waals surface area (Å²) >= 11 is 0. The van der Waals surface area contributed by atoms with E-state index in [-0.39, 0.29) is 24.4 Å². The molecule has 0 bridgehead atoms. The van der Waals surface area contributed by atoms with E-state index in [0.717, 1.165) is 17.7 Å². The van der Waals surface area contributed by atoms with Crippen LogP contribution in [-0.2, 0) is 6.54 Å². The zero-order valence-corrected chi connectivity index (χ0v) is 17.8. The van der Waals surface area contributed by atoms with Crippen molar-refractivity contribution in [2.45, 2.75) is 19.9 Å². The fourth-order valence-electron chi connectivity index (χ4n) is 3.66. The minimum absolute atomic E-state index is 0.155. The molecule has 32 heavy (non-hydrogen) atoms. The Bertz CT molecular complexity index is 1100. The van der Waals surface area contributed by atoms with Crippen LogP contribution in [0.15, 0.2) is 72.8 Å². The van der Waals surface area contributed by atoms with Gasteiger partial charge in [0.05, 0.1) is 6.54 Å². The van der Waals surface area contributed by atoms with E-state index in [9.17, 15) is 14.0 Å². The standard InChI is InChI=1S/C25H25FN4O2/c1-18-7-9-20(10-8-18)27-24(31)28-21-11-13-22(14-12-21)30-16-4-15-29(25(30)32)17-19-5-2-3-6-23(19)26/h2-3,5-14H,4,15-17H2,1H3,(H2,27,28,31). The topological polar surface area (TPSA) is 64.7 Å². The highest BCUT2D eigenvalue weighted by molar-refractivity contribution is 6.00. The Hall–Kier alpha value is -3.87. The van der Waals surface area contributed by atoms with Gasteiger partial charge in [-0.25, -0.2) is 14.0 Å². The van der Waals surface area contributed by atoms with Crippen molar-refractivity contribution in [2.75, 3.05) is 28.6 Å². The van der Waals surface area contributed by atoms with Crippen molar-refractivity contribution in [2.24, 2.45) is 0 Å². The van der Waals surface area contributed by atoms with Gasteiger partial charge in [0, 0.05) is 35.7 Å². The van der Waals surface area contributed by atoms with Gasteiger partial charge < -0.3 is 15.5 Å². The lowest BCUT2D eigenvalue weighted by atomic mass is 10.1. The first-order valence-corrected chi connectivity index (χ1v) is 10.5. The Morgan fingerprint density at radius 2 is 1.53 bits per heavy atom. The minimum Gasteiger partial charge on any atom is -0.320 e. The Morgan fingerprint density at radius 3 is 2.19 bits per heavy atom. The van der Waals surface area contributed by atoms with Crippen LogP contribution < -0.4 is 15.5 Å². The van der Waals surface area contributed by atoms with E-state index < -0.39 is 0 Å². The summed E-state index contributed by atoms with van der Waals surface area (Å²) in [6.45, 7) is 3.40. The number of aryl methyl sites for hydroxylation is 1. The number of benzene rings is 3. The maximum Gasteiger partial charge on any atom is 0.324 e. The molecule has 7 heteroatoms. The van der Waals surface area contributed by atoms with Gasteiger partial charge in [0.1, 0.15) is 5.82 Å². The van der Waals surface area contributed by atoms with Gasteiger partial charge in [0.2, 0.25) is 0 Å². The normalized spacial score (nSPS) is 13.8. The van der Waals surface area contributed by atoms with Gasteiger partial charge in [-0.05, 0) is 55.8 Å². The van der Waals surface area contributed by atoms with Gasteiger partial charge in [-0.15, -0.1) is 0 Å². The summed E-state index contributed by atoms with van der Waals surface area (Å²) in [7, 11) is 0. The van der Waals surface area contributed by atoms with E-state index in [1.165, 1.54) is 6.07 Å². The number of urea groups is 2. The highest BCUT2D eigenvalue weighted by Crippen LogP contribution is 2.24. The molecule has 0 atom stereocenters. The summed E-state index contributed by atoms with van der Waals surface area (Å²) in [6, 6.07) is 20.7. The molecule has 3 aromatic carbocycles. The lowest BCUT2D eigenvalue weighted by Crippen LogP contribution is -2.49. The number of nitrogens with one attached hydrogen (secondary N) is 2. The molecule has 1 aliphatic heterocycles. The van der Waals surface area contributed by atoms with E-state index in [0.29, 0.717) is 30.0 Å². The van der Waals surface area contributed by atoms with Crippen LogP contribution in [0, 0.1) is 12.7 Å². The van der Waals surface area contributed by atoms with Crippen molar-refractivity contribution in [3.63, 3.8) is 0 Å². The molecule has 2 N–H and O–H groups in total. The third kappa shape index (κ3) is 5.06. The Balaban J connectivity index is 1.38. The summed E-state index contributed by atoms with van der Waals surface area (Å²) in [5, 5.41) is 5.57. The molecule has 6 nitrogen and oxygen atoms in total. The van der Waals surface area contributed by atoms with Crippen LogP contribution in [0.5, 0.6) is 0 Å². The molecule has 1 fully saturated rings. The highest BCUT2D eigenvalue weighted by Gasteiger charge is 2.27. The van der Waals surface area contributed by atoms with E-state index in [4.69, 9.17) is 0 Å². The fraction of sp³-hybridized carbons (Fsp3) is 0.200. The lowest BCUT2D eigenvalue weighted by molar-refractivity contribution is 0.192. The molecule has 1 aliphatic rings. The quantitative estimate of drug-likeness (QED) is 0.550. The molecular weight excluding hydrogens is 407 g/mol. The van der Waals surface area contributed by atoms with E-state index in [2.05, 4.69) is 10.6 Å². The number of halogens is 1. The molecule has 4 amide bonds. The second-order valence-electron chi connectivity index (χ2n) is 7.79. The van der Waals surface area contributed by atoms with Crippen LogP contribution in [0.3, 0.4) is 0 Å². The van der Waals surface area contributed by atoms with Crippen LogP contribution in [0.2, 0.25) is 0 Å². The van der Waals surface area contributed by atoms with Gasteiger partial charge in [0.25, 0.3) is 0 Å². The highest BCUT2D eigenvalue weighted by atomic mass is 19.1. The average molecular weight is 432 g/mol. The molecule has 0 unspecified atom stereocenters. The first-order chi connectivity index (χ1) is 15.5. The van der Waals surface area contributed by atoms with Crippen LogP contribution in [-0.4, -0.2) is 30.1 Å². The van der Waals surface area contributed by atoms with E-state index in [1.54, 1.807) is 52.3 Å². The Kier molecular flexibility index (Phi) is 6.35. The first-order valence-electron chi connectivity index (χ1n) is 10.5. The second kappa shape index (κ2) is 9.51. The fourth-order valence-corrected chi connectivity index (χ4v) is 3.66. The molecule has 4 rings (SSSR count). The first kappa shape index (κ1) is 21.4. The molecule has 0 radical (unpaired) electrons. The average Bonchev–Trinajstić information content (AvgIpc) is 2.79. The summed E-state index contributed by atoms with van der Waals surface area (Å²) in [4.78, 5) is 28.5. The predicted octanol–water partition coefficient (Wildman–Crippen LogP) is 5.61. The lowest BCUT2D eigenvalue weighted by Gasteiger charge is -2.35. The van der Waals surface area contributed by atoms with Gasteiger partial charge >= 0.3 is 12.1 Å². The van der Waals surface area contributed by atoms with Crippen molar-refractivity contribution < 1.29 is 14.0 Å². The van der Waals surface area contributed by atoms with Gasteiger partial charge in [0.15, 0.2) is 0 Å². The van der Waals surface area contributed by atoms with Crippen LogP contribution in [0.1, 0.15) is 17.5 Å². The van der Waals surface area contributed by atoms with Crippen LogP contribution >= 0.6 is 0 Å². The van der Waals surface area contributed by atoms with Gasteiger partial charge in [-0.1, -0.05) is 35.9 Å². The molecular formula is C25H25FN4O2. The van der Waals surface area contributed by atoms with Crippen LogP contribution in [0.25, 0.3) is 0 Å². The molecule has 0 spiro atoms.